The van der Waals surface area contributed by atoms with Crippen LogP contribution in [-0.2, 0) is 40.1 Å². The number of morpholine rings is 1. The zero-order valence-corrected chi connectivity index (χ0v) is 35.2. The summed E-state index contributed by atoms with van der Waals surface area (Å²) >= 11 is 0. The van der Waals surface area contributed by atoms with Crippen LogP contribution < -0.4 is 10.6 Å². The van der Waals surface area contributed by atoms with E-state index in [4.69, 9.17) is 9.47 Å². The third-order valence-electron chi connectivity index (χ3n) is 11.1. The molecule has 2 aromatic rings. The van der Waals surface area contributed by atoms with E-state index in [-0.39, 0.29) is 25.3 Å². The Morgan fingerprint density at radius 1 is 0.930 bits per heavy atom. The number of carbonyl (C=O) groups excluding carboxylic acids is 3. The number of sulfone groups is 1. The standard InChI is InChI=1S/C43H67N3O10S/c1-5-6-19-36(41(51)45-37(24-30-13-8-7-9-14-30)39(49)38(48)26-46-20-22-55-23-21-46)44-40(50)33(25-32-17-12-16-31-15-10-11-18-35(31)32)28-57(53,54)29-34(47)27-56-42(52)43(2,3)4/h10-12,15-18,30,33-34,36-39,47-49H,5-9,13-14,19-29H2,1-4H3,(H,44,50)(H,45,51)/t33-,34?,36+,37+,38+,39-/m1/s1. The van der Waals surface area contributed by atoms with E-state index in [1.165, 1.54) is 0 Å². The van der Waals surface area contributed by atoms with Gasteiger partial charge in [-0.2, -0.15) is 0 Å². The molecule has 320 valence electrons. The van der Waals surface area contributed by atoms with Crippen molar-refractivity contribution in [1.29, 1.82) is 0 Å². The van der Waals surface area contributed by atoms with Crippen molar-refractivity contribution in [2.45, 2.75) is 122 Å². The van der Waals surface area contributed by atoms with Gasteiger partial charge in [-0.1, -0.05) is 94.3 Å². The molecule has 0 radical (unpaired) electrons. The van der Waals surface area contributed by atoms with Crippen molar-refractivity contribution in [3.8, 4) is 0 Å². The van der Waals surface area contributed by atoms with E-state index in [2.05, 4.69) is 10.6 Å². The van der Waals surface area contributed by atoms with Crippen LogP contribution in [0.3, 0.4) is 0 Å². The van der Waals surface area contributed by atoms with E-state index in [0.29, 0.717) is 39.1 Å². The number of amides is 2. The van der Waals surface area contributed by atoms with Crippen molar-refractivity contribution < 1.29 is 47.6 Å². The first-order valence-corrected chi connectivity index (χ1v) is 22.7. The fourth-order valence-corrected chi connectivity index (χ4v) is 9.51. The monoisotopic (exact) mass is 817 g/mol. The van der Waals surface area contributed by atoms with Crippen LogP contribution in [0, 0.1) is 17.3 Å². The number of unbranched alkanes of at least 4 members (excludes halogenated alkanes) is 1. The molecule has 57 heavy (non-hydrogen) atoms. The molecule has 0 spiro atoms. The van der Waals surface area contributed by atoms with Crippen LogP contribution >= 0.6 is 0 Å². The zero-order chi connectivity index (χ0) is 41.6. The summed E-state index contributed by atoms with van der Waals surface area (Å²) in [7, 11) is -4.10. The fraction of sp³-hybridized carbons (Fsp3) is 0.698. The largest absolute Gasteiger partial charge is 0.462 e. The van der Waals surface area contributed by atoms with Gasteiger partial charge in [0.15, 0.2) is 9.84 Å². The third kappa shape index (κ3) is 15.2. The minimum atomic E-state index is -4.10. The number of hydrogen-bond donors (Lipinski definition) is 5. The van der Waals surface area contributed by atoms with Crippen molar-refractivity contribution in [2.24, 2.45) is 17.3 Å². The molecule has 2 fully saturated rings. The van der Waals surface area contributed by atoms with Crippen LogP contribution in [0.5, 0.6) is 0 Å². The van der Waals surface area contributed by atoms with Crippen LogP contribution in [0.15, 0.2) is 42.5 Å². The molecule has 0 aromatic heterocycles. The number of aliphatic hydroxyl groups excluding tert-OH is 3. The van der Waals surface area contributed by atoms with Crippen molar-refractivity contribution >= 4 is 38.4 Å². The number of aliphatic hydroxyl groups is 3. The maximum absolute atomic E-state index is 14.3. The lowest BCUT2D eigenvalue weighted by Gasteiger charge is -2.35. The van der Waals surface area contributed by atoms with Gasteiger partial charge in [0.05, 0.1) is 48.2 Å². The quantitative estimate of drug-likeness (QED) is 0.116. The maximum Gasteiger partial charge on any atom is 0.311 e. The maximum atomic E-state index is 14.3. The molecule has 1 heterocycles. The Hall–Kier alpha value is -3.14. The highest BCUT2D eigenvalue weighted by Crippen LogP contribution is 2.29. The molecule has 0 bridgehead atoms. The van der Waals surface area contributed by atoms with Gasteiger partial charge in [0.2, 0.25) is 11.8 Å². The molecule has 5 N–H and O–H groups in total. The van der Waals surface area contributed by atoms with Gasteiger partial charge in [0.25, 0.3) is 0 Å². The fourth-order valence-electron chi connectivity index (χ4n) is 7.81. The van der Waals surface area contributed by atoms with E-state index in [0.717, 1.165) is 54.9 Å². The molecule has 2 amide bonds. The predicted octanol–water partition coefficient (Wildman–Crippen LogP) is 3.55. The Morgan fingerprint density at radius 3 is 2.30 bits per heavy atom. The van der Waals surface area contributed by atoms with Crippen LogP contribution in [0.4, 0.5) is 0 Å². The van der Waals surface area contributed by atoms with Crippen molar-refractivity contribution in [3.63, 3.8) is 0 Å². The van der Waals surface area contributed by atoms with E-state index < -0.39 is 87.5 Å². The summed E-state index contributed by atoms with van der Waals surface area (Å²) in [4.78, 5) is 42.8. The van der Waals surface area contributed by atoms with Crippen molar-refractivity contribution in [1.82, 2.24) is 15.5 Å². The number of ether oxygens (including phenoxy) is 2. The first kappa shape index (κ1) is 46.5. The lowest BCUT2D eigenvalue weighted by molar-refractivity contribution is -0.155. The number of carbonyl (C=O) groups is 3. The molecule has 1 aliphatic heterocycles. The summed E-state index contributed by atoms with van der Waals surface area (Å²) in [6, 6.07) is 11.4. The third-order valence-corrected chi connectivity index (χ3v) is 12.9. The highest BCUT2D eigenvalue weighted by Gasteiger charge is 2.36. The number of β-amino-alcohol motifs (C(OH)–C–C–N with tert-alkyl or cyclic N) is 1. The minimum Gasteiger partial charge on any atom is -0.462 e. The lowest BCUT2D eigenvalue weighted by atomic mass is 9.83. The highest BCUT2D eigenvalue weighted by atomic mass is 32.2. The minimum absolute atomic E-state index is 0.0421. The average Bonchev–Trinajstić information content (AvgIpc) is 3.17. The molecule has 2 aliphatic rings. The summed E-state index contributed by atoms with van der Waals surface area (Å²) in [5.41, 5.74) is -0.0834. The summed E-state index contributed by atoms with van der Waals surface area (Å²) in [5.74, 6) is -3.93. The second kappa shape index (κ2) is 22.3. The van der Waals surface area contributed by atoms with Gasteiger partial charge >= 0.3 is 5.97 Å². The molecule has 1 unspecified atom stereocenters. The van der Waals surface area contributed by atoms with Gasteiger partial charge in [0.1, 0.15) is 24.9 Å². The Kier molecular flexibility index (Phi) is 18.2. The van der Waals surface area contributed by atoms with Gasteiger partial charge in [-0.25, -0.2) is 8.42 Å². The van der Waals surface area contributed by atoms with Gasteiger partial charge in [-0.05, 0) is 62.3 Å². The van der Waals surface area contributed by atoms with Gasteiger partial charge in [-0.15, -0.1) is 0 Å². The number of rotatable bonds is 21. The number of benzene rings is 2. The van der Waals surface area contributed by atoms with E-state index in [1.807, 2.05) is 54.3 Å². The first-order valence-electron chi connectivity index (χ1n) is 20.9. The summed E-state index contributed by atoms with van der Waals surface area (Å²) in [5, 5.41) is 41.1. The van der Waals surface area contributed by atoms with Crippen molar-refractivity contribution in [2.75, 3.05) is 51.0 Å². The van der Waals surface area contributed by atoms with Crippen LogP contribution in [0.25, 0.3) is 10.8 Å². The molecule has 4 rings (SSSR count). The van der Waals surface area contributed by atoms with Crippen LogP contribution in [0.1, 0.15) is 91.0 Å². The van der Waals surface area contributed by atoms with E-state index in [1.54, 1.807) is 20.8 Å². The Bertz CT molecular complexity index is 1680. The molecule has 6 atom stereocenters. The van der Waals surface area contributed by atoms with Gasteiger partial charge in [0, 0.05) is 19.6 Å². The molecule has 13 nitrogen and oxygen atoms in total. The summed E-state index contributed by atoms with van der Waals surface area (Å²) in [6.07, 6.45) is 3.45. The molecule has 2 aromatic carbocycles. The first-order chi connectivity index (χ1) is 27.1. The summed E-state index contributed by atoms with van der Waals surface area (Å²) in [6.45, 7) is 8.99. The molecule has 1 aliphatic carbocycles. The lowest BCUT2D eigenvalue weighted by Crippen LogP contribution is -2.57. The second-order valence-electron chi connectivity index (χ2n) is 17.1. The number of esters is 1. The van der Waals surface area contributed by atoms with Gasteiger partial charge in [-0.3, -0.25) is 19.3 Å². The van der Waals surface area contributed by atoms with Crippen molar-refractivity contribution in [3.05, 3.63) is 48.0 Å². The normalized spacial score (nSPS) is 19.2. The number of nitrogens with zero attached hydrogens (tertiary/aromatic N) is 1. The van der Waals surface area contributed by atoms with Crippen LogP contribution in [0.2, 0.25) is 0 Å². The predicted molar refractivity (Wildman–Crippen MR) is 220 cm³/mol. The topological polar surface area (TPSA) is 192 Å². The smallest absolute Gasteiger partial charge is 0.311 e. The average molecular weight is 818 g/mol. The SMILES string of the molecule is CCCC[C@H](NC(=O)[C@H](Cc1cccc2ccccc12)CS(=O)(=O)CC(O)COC(=O)C(C)(C)C)C(=O)N[C@@H](CC1CCCCC1)[C@@H](O)[C@@H](O)CN1CCOCC1. The van der Waals surface area contributed by atoms with Gasteiger partial charge < -0.3 is 35.4 Å². The molecule has 1 saturated heterocycles. The Balaban J connectivity index is 1.55. The molecular formula is C43H67N3O10S. The molecule has 1 saturated carbocycles. The highest BCUT2D eigenvalue weighted by molar-refractivity contribution is 7.91. The van der Waals surface area contributed by atoms with E-state index >= 15 is 0 Å². The second-order valence-corrected chi connectivity index (χ2v) is 19.3. The summed E-state index contributed by atoms with van der Waals surface area (Å²) < 4.78 is 37.9. The zero-order valence-electron chi connectivity index (χ0n) is 34.4. The number of hydrogen-bond acceptors (Lipinski definition) is 11. The Labute approximate surface area is 339 Å². The molecular weight excluding hydrogens is 751 g/mol. The molecule has 14 heteroatoms. The number of nitrogens with one attached hydrogen (secondary N) is 2. The van der Waals surface area contributed by atoms with Crippen LogP contribution in [-0.4, -0.2) is 128 Å². The van der Waals surface area contributed by atoms with E-state index in [9.17, 15) is 38.1 Å². The Morgan fingerprint density at radius 2 is 1.61 bits per heavy atom. The number of fused-ring (bicyclic) bond motifs is 1.